The van der Waals surface area contributed by atoms with Gasteiger partial charge in [0.15, 0.2) is 5.16 Å². The third-order valence-corrected chi connectivity index (χ3v) is 7.65. The molecule has 0 aliphatic rings. The minimum Gasteiger partial charge on any atom is -0.497 e. The molecule has 37 heavy (non-hydrogen) atoms. The third kappa shape index (κ3) is 6.75. The van der Waals surface area contributed by atoms with E-state index in [1.165, 1.54) is 11.8 Å². The fraction of sp³-hybridized carbons (Fsp3) is 0.200. The maximum Gasteiger partial charge on any atom is 0.220 e. The summed E-state index contributed by atoms with van der Waals surface area (Å²) in [6.45, 7) is 1.64. The van der Waals surface area contributed by atoms with Crippen molar-refractivity contribution < 1.29 is 14.4 Å². The average molecular weight is 624 g/mol. The number of halogens is 3. The van der Waals surface area contributed by atoms with Crippen molar-refractivity contribution in [3.05, 3.63) is 102 Å². The van der Waals surface area contributed by atoms with Gasteiger partial charge in [0.05, 0.1) is 7.11 Å². The van der Waals surface area contributed by atoms with E-state index < -0.39 is 5.25 Å². The molecule has 1 heterocycles. The van der Waals surface area contributed by atoms with E-state index in [0.29, 0.717) is 38.1 Å². The number of aryl methyl sites for hydroxylation is 1. The predicted octanol–water partition coefficient (Wildman–Crippen LogP) is 7.34. The summed E-state index contributed by atoms with van der Waals surface area (Å²) in [4.78, 5) is 11.4. The van der Waals surface area contributed by atoms with Crippen molar-refractivity contribution in [2.45, 2.75) is 23.9 Å². The molecule has 192 valence electrons. The van der Waals surface area contributed by atoms with Crippen molar-refractivity contribution >= 4 is 50.9 Å². The average Bonchev–Trinajstić information content (AvgIpc) is 3.23. The first-order valence-corrected chi connectivity index (χ1v) is 13.4. The van der Waals surface area contributed by atoms with Crippen LogP contribution in [0.5, 0.6) is 11.5 Å². The van der Waals surface area contributed by atoms with Crippen molar-refractivity contribution in [2.75, 3.05) is 13.7 Å². The van der Waals surface area contributed by atoms with E-state index in [-0.39, 0.29) is 18.1 Å². The molecule has 4 aromatic rings. The molecule has 0 saturated carbocycles. The van der Waals surface area contributed by atoms with Crippen molar-refractivity contribution in [3.63, 3.8) is 0 Å². The zero-order chi connectivity index (χ0) is 26.5. The summed E-state index contributed by atoms with van der Waals surface area (Å²) in [5.74, 6) is 1.86. The second-order valence-electron chi connectivity index (χ2n) is 7.89. The van der Waals surface area contributed by atoms with E-state index in [4.69, 9.17) is 32.7 Å². The zero-order valence-corrected chi connectivity index (χ0v) is 23.6. The molecule has 0 N–H and O–H groups in total. The van der Waals surface area contributed by atoms with Gasteiger partial charge in [-0.1, -0.05) is 57.0 Å². The van der Waals surface area contributed by atoms with Crippen LogP contribution >= 0.6 is 50.9 Å². The molecule has 1 aromatic heterocycles. The number of benzene rings is 3. The molecule has 0 aliphatic heterocycles. The first-order chi connectivity index (χ1) is 17.7. The summed E-state index contributed by atoms with van der Waals surface area (Å²) in [6, 6.07) is 18.0. The molecule has 0 unspecified atom stereocenters. The Kier molecular flexibility index (Phi) is 8.96. The maximum atomic E-state index is 11.7. The number of aromatic nitrogens is 3. The summed E-state index contributed by atoms with van der Waals surface area (Å²) in [5.41, 5.74) is 2.20. The Morgan fingerprint density at radius 2 is 1.86 bits per heavy atom. The van der Waals surface area contributed by atoms with E-state index in [1.54, 1.807) is 31.4 Å². The van der Waals surface area contributed by atoms with Gasteiger partial charge in [0.1, 0.15) is 29.2 Å². The second-order valence-corrected chi connectivity index (χ2v) is 10.8. The number of nitrogens with zero attached hydrogens (tertiary/aromatic N) is 4. The Morgan fingerprint density at radius 3 is 2.54 bits per heavy atom. The summed E-state index contributed by atoms with van der Waals surface area (Å²) in [7, 11) is 1.60. The predicted molar refractivity (Wildman–Crippen MR) is 148 cm³/mol. The fourth-order valence-electron chi connectivity index (χ4n) is 3.61. The van der Waals surface area contributed by atoms with Crippen LogP contribution in [0.4, 0.5) is 0 Å². The standard InChI is InChI=1S/C25H21BrCl2N4O4S/c1-15-29-30-25(32(15)19-6-8-20(35-2)9-7-19)37-24(13-31(33)34)21-11-17(26)4-10-23(21)36-14-16-3-5-18(27)12-22(16)28/h3-12,24H,13-14H2,1-2H3/t24-/m0/s1. The molecular formula is C25H21BrCl2N4O4S. The van der Waals surface area contributed by atoms with Gasteiger partial charge in [0.25, 0.3) is 0 Å². The van der Waals surface area contributed by atoms with Gasteiger partial charge in [-0.3, -0.25) is 14.7 Å². The molecule has 0 spiro atoms. The lowest BCUT2D eigenvalue weighted by Gasteiger charge is -2.19. The molecule has 0 fully saturated rings. The van der Waals surface area contributed by atoms with Crippen molar-refractivity contribution in [1.29, 1.82) is 0 Å². The lowest BCUT2D eigenvalue weighted by molar-refractivity contribution is -0.479. The molecule has 0 bridgehead atoms. The molecule has 1 atom stereocenters. The lowest BCUT2D eigenvalue weighted by Crippen LogP contribution is -2.13. The number of hydrogen-bond donors (Lipinski definition) is 0. The van der Waals surface area contributed by atoms with Crippen LogP contribution in [0, 0.1) is 17.0 Å². The molecule has 8 nitrogen and oxygen atoms in total. The van der Waals surface area contributed by atoms with E-state index >= 15 is 0 Å². The Hall–Kier alpha value is -2.79. The van der Waals surface area contributed by atoms with Gasteiger partial charge in [0.2, 0.25) is 6.54 Å². The van der Waals surface area contributed by atoms with Crippen LogP contribution in [0.1, 0.15) is 22.2 Å². The molecule has 0 aliphatic carbocycles. The van der Waals surface area contributed by atoms with E-state index in [1.807, 2.05) is 47.9 Å². The van der Waals surface area contributed by atoms with Crippen LogP contribution in [0.3, 0.4) is 0 Å². The highest BCUT2D eigenvalue weighted by molar-refractivity contribution is 9.10. The van der Waals surface area contributed by atoms with E-state index in [9.17, 15) is 10.1 Å². The summed E-state index contributed by atoms with van der Waals surface area (Å²) >= 11 is 17.0. The molecule has 4 rings (SSSR count). The van der Waals surface area contributed by atoms with Gasteiger partial charge in [-0.15, -0.1) is 10.2 Å². The van der Waals surface area contributed by atoms with Crippen molar-refractivity contribution in [2.24, 2.45) is 0 Å². The van der Waals surface area contributed by atoms with E-state index in [0.717, 1.165) is 15.7 Å². The smallest absolute Gasteiger partial charge is 0.220 e. The van der Waals surface area contributed by atoms with Crippen LogP contribution in [0.15, 0.2) is 70.3 Å². The SMILES string of the molecule is COc1ccc(-n2c(C)nnc2S[C@@H](C[N+](=O)[O-])c2cc(Br)ccc2OCc2ccc(Cl)cc2Cl)cc1. The van der Waals surface area contributed by atoms with Crippen LogP contribution < -0.4 is 9.47 Å². The number of nitro groups is 1. The third-order valence-electron chi connectivity index (χ3n) is 5.41. The maximum absolute atomic E-state index is 11.7. The Labute approximate surface area is 236 Å². The number of rotatable bonds is 10. The number of thioether (sulfide) groups is 1. The molecule has 0 radical (unpaired) electrons. The van der Waals surface area contributed by atoms with Gasteiger partial charge in [-0.05, 0) is 61.5 Å². The van der Waals surface area contributed by atoms with Gasteiger partial charge in [0, 0.05) is 36.3 Å². The molecule has 3 aromatic carbocycles. The zero-order valence-electron chi connectivity index (χ0n) is 19.7. The van der Waals surface area contributed by atoms with Crippen molar-refractivity contribution in [1.82, 2.24) is 14.8 Å². The van der Waals surface area contributed by atoms with Crippen LogP contribution in [0.2, 0.25) is 10.0 Å². The summed E-state index contributed by atoms with van der Waals surface area (Å²) < 4.78 is 14.0. The highest BCUT2D eigenvalue weighted by Crippen LogP contribution is 2.41. The molecule has 12 heteroatoms. The number of methoxy groups -OCH3 is 1. The molecule has 0 saturated heterocycles. The number of hydrogen-bond acceptors (Lipinski definition) is 7. The first-order valence-electron chi connectivity index (χ1n) is 11.0. The van der Waals surface area contributed by atoms with E-state index in [2.05, 4.69) is 26.1 Å². The quantitative estimate of drug-likeness (QED) is 0.104. The topological polar surface area (TPSA) is 92.3 Å². The minimum absolute atomic E-state index is 0.168. The fourth-order valence-corrected chi connectivity index (χ4v) is 5.64. The Bertz CT molecular complexity index is 1420. The van der Waals surface area contributed by atoms with Crippen LogP contribution in [0.25, 0.3) is 5.69 Å². The largest absolute Gasteiger partial charge is 0.497 e. The Morgan fingerprint density at radius 1 is 1.11 bits per heavy atom. The normalized spacial score (nSPS) is 11.8. The lowest BCUT2D eigenvalue weighted by atomic mass is 10.1. The van der Waals surface area contributed by atoms with Crippen LogP contribution in [-0.4, -0.2) is 33.3 Å². The highest BCUT2D eigenvalue weighted by Gasteiger charge is 2.27. The molecule has 0 amide bonds. The van der Waals surface area contributed by atoms with Crippen LogP contribution in [-0.2, 0) is 6.61 Å². The first kappa shape index (κ1) is 27.3. The van der Waals surface area contributed by atoms with Gasteiger partial charge >= 0.3 is 0 Å². The highest BCUT2D eigenvalue weighted by atomic mass is 79.9. The molecular weight excluding hydrogens is 603 g/mol. The summed E-state index contributed by atoms with van der Waals surface area (Å²) in [6.07, 6.45) is 0. The minimum atomic E-state index is -0.621. The van der Waals surface area contributed by atoms with Gasteiger partial charge < -0.3 is 9.47 Å². The summed E-state index contributed by atoms with van der Waals surface area (Å²) in [5, 5.41) is 21.1. The monoisotopic (exact) mass is 622 g/mol. The second kappa shape index (κ2) is 12.2. The number of ether oxygens (including phenoxy) is 2. The van der Waals surface area contributed by atoms with Gasteiger partial charge in [-0.2, -0.15) is 0 Å². The van der Waals surface area contributed by atoms with Gasteiger partial charge in [-0.25, -0.2) is 0 Å². The van der Waals surface area contributed by atoms with Crippen molar-refractivity contribution in [3.8, 4) is 17.2 Å². The Balaban J connectivity index is 1.67.